The second-order valence-corrected chi connectivity index (χ2v) is 9.86. The van der Waals surface area contributed by atoms with Crippen molar-refractivity contribution >= 4 is 17.0 Å². The predicted octanol–water partition coefficient (Wildman–Crippen LogP) is 4.58. The minimum absolute atomic E-state index is 0.0952. The Morgan fingerprint density at radius 2 is 1.92 bits per heavy atom. The smallest absolute Gasteiger partial charge is 0.335 e. The van der Waals surface area contributed by atoms with Crippen LogP contribution in [-0.4, -0.2) is 62.3 Å². The summed E-state index contributed by atoms with van der Waals surface area (Å²) in [5.74, 6) is 0.261. The number of carboxylic acid groups (broad SMARTS) is 1. The lowest BCUT2D eigenvalue weighted by Crippen LogP contribution is -2.34. The number of aromatic nitrogens is 4. The van der Waals surface area contributed by atoms with E-state index in [4.69, 9.17) is 14.5 Å². The molecule has 9 nitrogen and oxygen atoms in total. The van der Waals surface area contributed by atoms with Gasteiger partial charge in [0.2, 0.25) is 5.88 Å². The van der Waals surface area contributed by atoms with Crippen molar-refractivity contribution in [1.82, 2.24) is 24.4 Å². The zero-order chi connectivity index (χ0) is 27.4. The first-order valence-corrected chi connectivity index (χ1v) is 13.1. The summed E-state index contributed by atoms with van der Waals surface area (Å²) in [6.45, 7) is 5.35. The van der Waals surface area contributed by atoms with Crippen molar-refractivity contribution in [2.75, 3.05) is 26.8 Å². The molecule has 10 heteroatoms. The summed E-state index contributed by atoms with van der Waals surface area (Å²) < 4.78 is 27.6. The minimum Gasteiger partial charge on any atom is -0.478 e. The first-order valence-electron chi connectivity index (χ1n) is 13.1. The predicted molar refractivity (Wildman–Crippen MR) is 143 cm³/mol. The van der Waals surface area contributed by atoms with E-state index in [0.29, 0.717) is 31.1 Å². The maximum absolute atomic E-state index is 14.3. The first-order chi connectivity index (χ1) is 18.9. The molecule has 1 N–H and O–H groups in total. The highest BCUT2D eigenvalue weighted by Gasteiger charge is 2.26. The summed E-state index contributed by atoms with van der Waals surface area (Å²) in [6, 6.07) is 10.1. The molecular weight excluding hydrogens is 501 g/mol. The molecule has 3 heterocycles. The number of hydrogen-bond acceptors (Lipinski definition) is 7. The molecule has 1 fully saturated rings. The van der Waals surface area contributed by atoms with Crippen molar-refractivity contribution in [1.29, 1.82) is 0 Å². The number of carbonyl (C=O) groups is 1. The molecule has 1 aliphatic heterocycles. The highest BCUT2D eigenvalue weighted by Crippen LogP contribution is 2.32. The number of piperidine rings is 1. The van der Waals surface area contributed by atoms with Gasteiger partial charge in [-0.2, -0.15) is 0 Å². The number of halogens is 1. The van der Waals surface area contributed by atoms with Gasteiger partial charge in [0, 0.05) is 37.5 Å². The van der Waals surface area contributed by atoms with E-state index < -0.39 is 5.97 Å². The standard InChI is InChI=1S/C29H32FN5O4/c1-19-3-4-22(23(30)15-19)18-39-28-27(31-9-10-32-28)20-7-11-34(12-8-20)17-26-33-24-6-5-21(29(36)37)16-25(24)35(26)13-14-38-2/h3-6,9-10,15-16,20H,7-8,11-14,17-18H2,1-2H3,(H,36,37). The molecule has 0 unspecified atom stereocenters. The van der Waals surface area contributed by atoms with Gasteiger partial charge in [0.25, 0.3) is 0 Å². The van der Waals surface area contributed by atoms with Crippen LogP contribution >= 0.6 is 0 Å². The van der Waals surface area contributed by atoms with Crippen LogP contribution in [0, 0.1) is 12.7 Å². The van der Waals surface area contributed by atoms with Crippen LogP contribution in [0.15, 0.2) is 48.8 Å². The van der Waals surface area contributed by atoms with Gasteiger partial charge in [-0.15, -0.1) is 0 Å². The summed E-state index contributed by atoms with van der Waals surface area (Å²) in [7, 11) is 1.65. The lowest BCUT2D eigenvalue weighted by molar-refractivity contribution is 0.0697. The third-order valence-corrected chi connectivity index (χ3v) is 7.20. The van der Waals surface area contributed by atoms with Gasteiger partial charge in [-0.1, -0.05) is 12.1 Å². The molecule has 0 radical (unpaired) electrons. The molecule has 2 aromatic heterocycles. The Labute approximate surface area is 226 Å². The van der Waals surface area contributed by atoms with Crippen LogP contribution < -0.4 is 4.74 Å². The lowest BCUT2D eigenvalue weighted by atomic mass is 9.93. The van der Waals surface area contributed by atoms with Crippen molar-refractivity contribution in [3.8, 4) is 5.88 Å². The van der Waals surface area contributed by atoms with Crippen LogP contribution in [0.5, 0.6) is 5.88 Å². The molecule has 4 aromatic rings. The van der Waals surface area contributed by atoms with E-state index in [2.05, 4.69) is 19.4 Å². The van der Waals surface area contributed by atoms with E-state index >= 15 is 0 Å². The maximum Gasteiger partial charge on any atom is 0.335 e. The summed E-state index contributed by atoms with van der Waals surface area (Å²) in [6.07, 6.45) is 5.01. The Morgan fingerprint density at radius 3 is 2.67 bits per heavy atom. The zero-order valence-electron chi connectivity index (χ0n) is 22.1. The molecule has 1 aliphatic rings. The monoisotopic (exact) mass is 533 g/mol. The van der Waals surface area contributed by atoms with Crippen molar-refractivity contribution in [2.45, 2.75) is 45.4 Å². The number of aryl methyl sites for hydroxylation is 1. The number of nitrogens with zero attached hydrogens (tertiary/aromatic N) is 5. The summed E-state index contributed by atoms with van der Waals surface area (Å²) in [5, 5.41) is 9.43. The summed E-state index contributed by atoms with van der Waals surface area (Å²) in [4.78, 5) is 27.7. The van der Waals surface area contributed by atoms with Gasteiger partial charge in [-0.25, -0.2) is 19.2 Å². The quantitative estimate of drug-likeness (QED) is 0.316. The normalized spacial score (nSPS) is 14.6. The molecule has 1 saturated heterocycles. The fourth-order valence-electron chi connectivity index (χ4n) is 5.07. The maximum atomic E-state index is 14.3. The zero-order valence-corrected chi connectivity index (χ0v) is 22.1. The van der Waals surface area contributed by atoms with Crippen molar-refractivity contribution < 1.29 is 23.8 Å². The van der Waals surface area contributed by atoms with Gasteiger partial charge in [-0.3, -0.25) is 9.88 Å². The first kappa shape index (κ1) is 26.7. The number of carboxylic acids is 1. The van der Waals surface area contributed by atoms with Crippen LogP contribution in [0.3, 0.4) is 0 Å². The summed E-state index contributed by atoms with van der Waals surface area (Å²) >= 11 is 0. The van der Waals surface area contributed by atoms with Gasteiger partial charge < -0.3 is 19.1 Å². The fraction of sp³-hybridized carbons (Fsp3) is 0.379. The molecule has 5 rings (SSSR count). The Bertz CT molecular complexity index is 1470. The molecule has 0 aliphatic carbocycles. The Balaban J connectivity index is 1.26. The van der Waals surface area contributed by atoms with Crippen molar-refractivity contribution in [3.05, 3.63) is 82.8 Å². The number of aromatic carboxylic acids is 1. The second-order valence-electron chi connectivity index (χ2n) is 9.86. The number of likely N-dealkylation sites (tertiary alicyclic amines) is 1. The molecule has 0 saturated carbocycles. The van der Waals surface area contributed by atoms with E-state index in [1.807, 2.05) is 13.0 Å². The van der Waals surface area contributed by atoms with Crippen LogP contribution in [0.25, 0.3) is 11.0 Å². The van der Waals surface area contributed by atoms with Crippen LogP contribution in [0.1, 0.15) is 51.8 Å². The number of methoxy groups -OCH3 is 1. The molecule has 0 atom stereocenters. The number of imidazole rings is 1. The fourth-order valence-corrected chi connectivity index (χ4v) is 5.07. The van der Waals surface area contributed by atoms with Crippen LogP contribution in [-0.2, 0) is 24.4 Å². The number of fused-ring (bicyclic) bond motifs is 1. The average Bonchev–Trinajstić information content (AvgIpc) is 3.28. The Hall–Kier alpha value is -3.89. The number of hydrogen-bond donors (Lipinski definition) is 1. The average molecular weight is 534 g/mol. The van der Waals surface area contributed by atoms with E-state index in [1.54, 1.807) is 43.8 Å². The minimum atomic E-state index is -0.962. The van der Waals surface area contributed by atoms with E-state index in [-0.39, 0.29) is 23.9 Å². The molecule has 204 valence electrons. The highest BCUT2D eigenvalue weighted by molar-refractivity contribution is 5.92. The number of benzene rings is 2. The Kier molecular flexibility index (Phi) is 8.13. The van der Waals surface area contributed by atoms with Gasteiger partial charge in [0.15, 0.2) is 0 Å². The van der Waals surface area contributed by atoms with E-state index in [9.17, 15) is 14.3 Å². The Morgan fingerprint density at radius 1 is 1.13 bits per heavy atom. The van der Waals surface area contributed by atoms with Gasteiger partial charge >= 0.3 is 5.97 Å². The molecular formula is C29H32FN5O4. The third-order valence-electron chi connectivity index (χ3n) is 7.20. The van der Waals surface area contributed by atoms with Gasteiger partial charge in [-0.05, 0) is 62.7 Å². The molecule has 2 aromatic carbocycles. The number of ether oxygens (including phenoxy) is 2. The lowest BCUT2D eigenvalue weighted by Gasteiger charge is -2.31. The van der Waals surface area contributed by atoms with E-state index in [1.165, 1.54) is 6.07 Å². The molecule has 39 heavy (non-hydrogen) atoms. The van der Waals surface area contributed by atoms with Gasteiger partial charge in [0.05, 0.1) is 29.7 Å². The SMILES string of the molecule is COCCn1c(CN2CCC(c3nccnc3OCc3ccc(C)cc3F)CC2)nc2ccc(C(=O)O)cc21. The molecule has 0 bridgehead atoms. The van der Waals surface area contributed by atoms with Crippen molar-refractivity contribution in [2.24, 2.45) is 0 Å². The highest BCUT2D eigenvalue weighted by atomic mass is 19.1. The van der Waals surface area contributed by atoms with Crippen LogP contribution in [0.4, 0.5) is 4.39 Å². The number of rotatable bonds is 10. The largest absolute Gasteiger partial charge is 0.478 e. The summed E-state index contributed by atoms with van der Waals surface area (Å²) in [5.41, 5.74) is 3.95. The van der Waals surface area contributed by atoms with E-state index in [0.717, 1.165) is 54.0 Å². The van der Waals surface area contributed by atoms with Crippen molar-refractivity contribution in [3.63, 3.8) is 0 Å². The topological polar surface area (TPSA) is 103 Å². The second kappa shape index (κ2) is 11.9. The molecule has 0 amide bonds. The van der Waals surface area contributed by atoms with Gasteiger partial charge in [0.1, 0.15) is 23.9 Å². The third kappa shape index (κ3) is 6.07. The van der Waals surface area contributed by atoms with Crippen LogP contribution in [0.2, 0.25) is 0 Å². The molecule has 0 spiro atoms.